The number of rotatable bonds is 4. The summed E-state index contributed by atoms with van der Waals surface area (Å²) < 4.78 is 11.8. The van der Waals surface area contributed by atoms with Crippen LogP contribution in [0.15, 0.2) is 12.7 Å². The maximum Gasteiger partial charge on any atom is 0.320 e. The number of urea groups is 1. The Morgan fingerprint density at radius 2 is 2.09 bits per heavy atom. The second-order valence-electron chi connectivity index (χ2n) is 6.82. The van der Waals surface area contributed by atoms with Gasteiger partial charge in [-0.05, 0) is 32.1 Å². The van der Waals surface area contributed by atoms with Crippen molar-refractivity contribution in [1.82, 2.24) is 9.80 Å². The van der Waals surface area contributed by atoms with Crippen LogP contribution in [-0.2, 0) is 9.47 Å². The Balaban J connectivity index is 1.68. The average Bonchev–Trinajstić information content (AvgIpc) is 3.08. The van der Waals surface area contributed by atoms with Gasteiger partial charge in [0.15, 0.2) is 0 Å². The summed E-state index contributed by atoms with van der Waals surface area (Å²) in [6.45, 7) is 9.18. The predicted octanol–water partition coefficient (Wildman–Crippen LogP) is 2.28. The SMILES string of the molecule is C=CCOC[C@@]12CCCO[C@H]1CCN(C(=O)N1CCCC1)C2. The van der Waals surface area contributed by atoms with Crippen molar-refractivity contribution >= 4 is 6.03 Å². The second kappa shape index (κ2) is 7.01. The number of carbonyl (C=O) groups excluding carboxylic acids is 1. The van der Waals surface area contributed by atoms with Gasteiger partial charge in [-0.15, -0.1) is 6.58 Å². The third-order valence-corrected chi connectivity index (χ3v) is 5.26. The van der Waals surface area contributed by atoms with Crippen LogP contribution in [0, 0.1) is 5.41 Å². The lowest BCUT2D eigenvalue weighted by Crippen LogP contribution is -2.59. The molecule has 0 unspecified atom stereocenters. The summed E-state index contributed by atoms with van der Waals surface area (Å²) in [7, 11) is 0. The van der Waals surface area contributed by atoms with Gasteiger partial charge in [0.05, 0.1) is 19.3 Å². The van der Waals surface area contributed by atoms with Crippen LogP contribution in [0.1, 0.15) is 32.1 Å². The van der Waals surface area contributed by atoms with E-state index in [0.717, 1.165) is 64.9 Å². The molecule has 0 aromatic carbocycles. The van der Waals surface area contributed by atoms with Gasteiger partial charge in [0.25, 0.3) is 0 Å². The van der Waals surface area contributed by atoms with E-state index in [4.69, 9.17) is 9.47 Å². The highest BCUT2D eigenvalue weighted by atomic mass is 16.5. The van der Waals surface area contributed by atoms with Crippen LogP contribution in [0.4, 0.5) is 4.79 Å². The van der Waals surface area contributed by atoms with Gasteiger partial charge in [-0.3, -0.25) is 0 Å². The van der Waals surface area contributed by atoms with Crippen molar-refractivity contribution in [2.45, 2.75) is 38.2 Å². The van der Waals surface area contributed by atoms with Crippen molar-refractivity contribution in [2.75, 3.05) is 46.0 Å². The molecule has 0 aromatic rings. The Labute approximate surface area is 133 Å². The Bertz CT molecular complexity index is 409. The van der Waals surface area contributed by atoms with E-state index in [9.17, 15) is 4.79 Å². The first-order valence-electron chi connectivity index (χ1n) is 8.59. The molecule has 22 heavy (non-hydrogen) atoms. The number of hydrogen-bond acceptors (Lipinski definition) is 3. The number of hydrogen-bond donors (Lipinski definition) is 0. The van der Waals surface area contributed by atoms with Crippen LogP contribution >= 0.6 is 0 Å². The molecular weight excluding hydrogens is 280 g/mol. The minimum absolute atomic E-state index is 0.0328. The highest BCUT2D eigenvalue weighted by molar-refractivity contribution is 5.75. The second-order valence-corrected chi connectivity index (χ2v) is 6.82. The van der Waals surface area contributed by atoms with E-state index in [0.29, 0.717) is 13.2 Å². The Kier molecular flexibility index (Phi) is 5.03. The summed E-state index contributed by atoms with van der Waals surface area (Å²) in [4.78, 5) is 16.7. The van der Waals surface area contributed by atoms with E-state index in [1.54, 1.807) is 6.08 Å². The summed E-state index contributed by atoms with van der Waals surface area (Å²) in [6, 6.07) is 0.213. The number of likely N-dealkylation sites (tertiary alicyclic amines) is 2. The molecule has 3 aliphatic rings. The van der Waals surface area contributed by atoms with Crippen molar-refractivity contribution in [3.8, 4) is 0 Å². The molecule has 0 saturated carbocycles. The van der Waals surface area contributed by atoms with E-state index in [-0.39, 0.29) is 17.6 Å². The number of carbonyl (C=O) groups is 1. The number of fused-ring (bicyclic) bond motifs is 1. The molecule has 3 aliphatic heterocycles. The number of amides is 2. The topological polar surface area (TPSA) is 42.0 Å². The molecule has 5 nitrogen and oxygen atoms in total. The van der Waals surface area contributed by atoms with E-state index in [2.05, 4.69) is 6.58 Å². The first kappa shape index (κ1) is 15.8. The monoisotopic (exact) mass is 308 g/mol. The zero-order valence-electron chi connectivity index (χ0n) is 13.5. The van der Waals surface area contributed by atoms with Gasteiger partial charge in [0.2, 0.25) is 0 Å². The van der Waals surface area contributed by atoms with Crippen molar-refractivity contribution < 1.29 is 14.3 Å². The minimum atomic E-state index is -0.0328. The van der Waals surface area contributed by atoms with Crippen LogP contribution in [0.2, 0.25) is 0 Å². The summed E-state index contributed by atoms with van der Waals surface area (Å²) in [5, 5.41) is 0. The van der Waals surface area contributed by atoms with Gasteiger partial charge in [0.1, 0.15) is 0 Å². The van der Waals surface area contributed by atoms with Gasteiger partial charge in [0, 0.05) is 38.2 Å². The van der Waals surface area contributed by atoms with Crippen LogP contribution in [0.3, 0.4) is 0 Å². The Hall–Kier alpha value is -1.07. The lowest BCUT2D eigenvalue weighted by molar-refractivity contribution is -0.145. The highest BCUT2D eigenvalue weighted by Crippen LogP contribution is 2.40. The van der Waals surface area contributed by atoms with Crippen LogP contribution in [0.5, 0.6) is 0 Å². The Morgan fingerprint density at radius 3 is 2.86 bits per heavy atom. The molecule has 0 radical (unpaired) electrons. The fourth-order valence-electron chi connectivity index (χ4n) is 4.12. The summed E-state index contributed by atoms with van der Waals surface area (Å²) in [5.74, 6) is 0. The number of nitrogens with zero attached hydrogens (tertiary/aromatic N) is 2. The maximum atomic E-state index is 12.7. The fourth-order valence-corrected chi connectivity index (χ4v) is 4.12. The Morgan fingerprint density at radius 1 is 1.27 bits per heavy atom. The van der Waals surface area contributed by atoms with E-state index in [1.165, 1.54) is 0 Å². The quantitative estimate of drug-likeness (QED) is 0.591. The first-order valence-corrected chi connectivity index (χ1v) is 8.59. The molecule has 0 spiro atoms. The zero-order chi connectivity index (χ0) is 15.4. The molecule has 3 saturated heterocycles. The summed E-state index contributed by atoms with van der Waals surface area (Å²) in [5.41, 5.74) is -0.0328. The third kappa shape index (κ3) is 3.15. The molecule has 2 atom stereocenters. The predicted molar refractivity (Wildman–Crippen MR) is 84.8 cm³/mol. The lowest BCUT2D eigenvalue weighted by Gasteiger charge is -2.50. The lowest BCUT2D eigenvalue weighted by atomic mass is 9.73. The normalized spacial score (nSPS) is 31.9. The molecule has 124 valence electrons. The molecule has 0 bridgehead atoms. The standard InChI is InChI=1S/C17H28N2O3/c1-2-11-21-14-17-7-5-12-22-15(17)6-10-19(13-17)16(20)18-8-3-4-9-18/h2,15H,1,3-14H2/t15-,17-/m0/s1. The van der Waals surface area contributed by atoms with Crippen molar-refractivity contribution in [3.05, 3.63) is 12.7 Å². The summed E-state index contributed by atoms with van der Waals surface area (Å²) in [6.07, 6.45) is 7.35. The van der Waals surface area contributed by atoms with Crippen LogP contribution in [-0.4, -0.2) is 67.9 Å². The molecule has 3 rings (SSSR count). The first-order chi connectivity index (χ1) is 10.7. The van der Waals surface area contributed by atoms with Gasteiger partial charge in [-0.2, -0.15) is 0 Å². The van der Waals surface area contributed by atoms with Crippen molar-refractivity contribution in [3.63, 3.8) is 0 Å². The highest BCUT2D eigenvalue weighted by Gasteiger charge is 2.47. The molecule has 0 N–H and O–H groups in total. The van der Waals surface area contributed by atoms with Crippen LogP contribution in [0.25, 0.3) is 0 Å². The molecule has 2 amide bonds. The van der Waals surface area contributed by atoms with E-state index in [1.807, 2.05) is 9.80 Å². The fraction of sp³-hybridized carbons (Fsp3) is 0.824. The van der Waals surface area contributed by atoms with Crippen molar-refractivity contribution in [1.29, 1.82) is 0 Å². The third-order valence-electron chi connectivity index (χ3n) is 5.26. The zero-order valence-corrected chi connectivity index (χ0v) is 13.5. The number of ether oxygens (including phenoxy) is 2. The maximum absolute atomic E-state index is 12.7. The van der Waals surface area contributed by atoms with Crippen molar-refractivity contribution in [2.24, 2.45) is 5.41 Å². The molecule has 0 aromatic heterocycles. The molecule has 0 aliphatic carbocycles. The molecule has 3 heterocycles. The van der Waals surface area contributed by atoms with E-state index < -0.39 is 0 Å². The number of piperidine rings is 1. The van der Waals surface area contributed by atoms with Gasteiger partial charge in [-0.25, -0.2) is 4.79 Å². The smallest absolute Gasteiger partial charge is 0.320 e. The molecule has 3 fully saturated rings. The van der Waals surface area contributed by atoms with Gasteiger partial charge in [-0.1, -0.05) is 6.08 Å². The van der Waals surface area contributed by atoms with Crippen LogP contribution < -0.4 is 0 Å². The van der Waals surface area contributed by atoms with E-state index >= 15 is 0 Å². The average molecular weight is 308 g/mol. The molecular formula is C17H28N2O3. The largest absolute Gasteiger partial charge is 0.377 e. The summed E-state index contributed by atoms with van der Waals surface area (Å²) >= 11 is 0. The molecule has 5 heteroatoms. The van der Waals surface area contributed by atoms with Gasteiger partial charge < -0.3 is 19.3 Å². The minimum Gasteiger partial charge on any atom is -0.377 e. The van der Waals surface area contributed by atoms with Gasteiger partial charge >= 0.3 is 6.03 Å².